The summed E-state index contributed by atoms with van der Waals surface area (Å²) < 4.78 is 6.00. The van der Waals surface area contributed by atoms with Gasteiger partial charge in [0, 0.05) is 35.1 Å². The number of nitrogens with zero attached hydrogens (tertiary/aromatic N) is 2. The lowest BCUT2D eigenvalue weighted by atomic mass is 10.1. The van der Waals surface area contributed by atoms with Crippen LogP contribution in [0.1, 0.15) is 17.7 Å². The molecule has 1 saturated carbocycles. The Labute approximate surface area is 146 Å². The molecule has 1 aromatic carbocycles. The summed E-state index contributed by atoms with van der Waals surface area (Å²) in [6, 6.07) is 8.19. The highest BCUT2D eigenvalue weighted by molar-refractivity contribution is 7.15. The van der Waals surface area contributed by atoms with Crippen LogP contribution in [0.2, 0.25) is 0 Å². The normalized spacial score (nSPS) is 15.8. The number of benzene rings is 1. The molecule has 0 amide bonds. The second kappa shape index (κ2) is 7.18. The largest absolute Gasteiger partial charge is 0.493 e. The average Bonchev–Trinajstić information content (AvgIpc) is 3.12. The van der Waals surface area contributed by atoms with E-state index < -0.39 is 0 Å². The van der Waals surface area contributed by atoms with E-state index >= 15 is 0 Å². The van der Waals surface area contributed by atoms with Crippen LogP contribution in [-0.4, -0.2) is 37.1 Å². The van der Waals surface area contributed by atoms with Crippen LogP contribution >= 0.6 is 23.1 Å². The molecule has 6 heteroatoms. The minimum absolute atomic E-state index is 0.362. The van der Waals surface area contributed by atoms with Gasteiger partial charge in [0.25, 0.3) is 0 Å². The Morgan fingerprint density at radius 3 is 2.65 bits per heavy atom. The van der Waals surface area contributed by atoms with E-state index in [0.29, 0.717) is 12.0 Å². The van der Waals surface area contributed by atoms with Gasteiger partial charge in [0.2, 0.25) is 0 Å². The Hall–Kier alpha value is -1.14. The SMILES string of the molecule is CN(C)CC1(COc2ccc(-c3ncc(CNCl)s3)cc2)CC1. The fourth-order valence-corrected chi connectivity index (χ4v) is 3.80. The zero-order valence-corrected chi connectivity index (χ0v) is 15.1. The van der Waals surface area contributed by atoms with E-state index in [1.807, 2.05) is 18.3 Å². The van der Waals surface area contributed by atoms with Crippen molar-refractivity contribution in [3.8, 4) is 16.3 Å². The maximum absolute atomic E-state index is 6.00. The molecule has 1 aromatic heterocycles. The third-order valence-corrected chi connectivity index (χ3v) is 5.23. The van der Waals surface area contributed by atoms with Gasteiger partial charge in [-0.05, 0) is 63.0 Å². The summed E-state index contributed by atoms with van der Waals surface area (Å²) in [7, 11) is 4.24. The summed E-state index contributed by atoms with van der Waals surface area (Å²) in [6.45, 7) is 2.53. The van der Waals surface area contributed by atoms with Crippen molar-refractivity contribution in [1.82, 2.24) is 14.7 Å². The molecule has 1 aliphatic carbocycles. The second-order valence-corrected chi connectivity index (χ2v) is 7.88. The highest BCUT2D eigenvalue weighted by Crippen LogP contribution is 2.46. The molecule has 1 fully saturated rings. The molecule has 1 N–H and O–H groups in total. The highest BCUT2D eigenvalue weighted by Gasteiger charge is 2.43. The Morgan fingerprint density at radius 1 is 1.30 bits per heavy atom. The molecule has 0 bridgehead atoms. The summed E-state index contributed by atoms with van der Waals surface area (Å²) in [5, 5.41) is 1.00. The van der Waals surface area contributed by atoms with Gasteiger partial charge in [-0.2, -0.15) is 0 Å². The summed E-state index contributed by atoms with van der Waals surface area (Å²) in [5.74, 6) is 0.929. The number of aromatic nitrogens is 1. The zero-order valence-electron chi connectivity index (χ0n) is 13.5. The third-order valence-electron chi connectivity index (χ3n) is 4.05. The van der Waals surface area contributed by atoms with E-state index in [9.17, 15) is 0 Å². The first kappa shape index (κ1) is 16.7. The molecular formula is C17H22ClN3OS. The van der Waals surface area contributed by atoms with Crippen LogP contribution in [0, 0.1) is 5.41 Å². The predicted octanol–water partition coefficient (Wildman–Crippen LogP) is 3.77. The summed E-state index contributed by atoms with van der Waals surface area (Å²) >= 11 is 7.18. The van der Waals surface area contributed by atoms with Crippen LogP contribution in [0.3, 0.4) is 0 Å². The van der Waals surface area contributed by atoms with Crippen LogP contribution in [0.25, 0.3) is 10.6 Å². The van der Waals surface area contributed by atoms with Gasteiger partial charge in [0.1, 0.15) is 10.8 Å². The molecule has 0 atom stereocenters. The molecule has 124 valence electrons. The minimum Gasteiger partial charge on any atom is -0.493 e. The van der Waals surface area contributed by atoms with E-state index in [-0.39, 0.29) is 0 Å². The van der Waals surface area contributed by atoms with Crippen LogP contribution in [0.15, 0.2) is 30.5 Å². The topological polar surface area (TPSA) is 37.4 Å². The summed E-state index contributed by atoms with van der Waals surface area (Å²) in [6.07, 6.45) is 4.39. The van der Waals surface area contributed by atoms with Crippen LogP contribution in [0.4, 0.5) is 0 Å². The first-order valence-electron chi connectivity index (χ1n) is 7.76. The minimum atomic E-state index is 0.362. The van der Waals surface area contributed by atoms with E-state index in [4.69, 9.17) is 16.5 Å². The molecule has 0 spiro atoms. The Bertz CT molecular complexity index is 638. The fourth-order valence-electron chi connectivity index (χ4n) is 2.71. The molecule has 4 nitrogen and oxygen atoms in total. The Balaban J connectivity index is 1.58. The Kier molecular flexibility index (Phi) is 5.21. The van der Waals surface area contributed by atoms with Crippen molar-refractivity contribution in [3.63, 3.8) is 0 Å². The zero-order chi connectivity index (χ0) is 16.3. The van der Waals surface area contributed by atoms with Gasteiger partial charge in [-0.3, -0.25) is 0 Å². The molecule has 0 aliphatic heterocycles. The van der Waals surface area contributed by atoms with Gasteiger partial charge in [0.15, 0.2) is 0 Å². The fraction of sp³-hybridized carbons (Fsp3) is 0.471. The third kappa shape index (κ3) is 4.44. The highest BCUT2D eigenvalue weighted by atomic mass is 35.5. The standard InChI is InChI=1S/C17H22ClN3OS/c1-21(2)11-17(7-8-17)12-22-14-5-3-13(4-6-14)16-19-9-15(23-16)10-20-18/h3-6,9,20H,7-8,10-12H2,1-2H3. The first-order valence-corrected chi connectivity index (χ1v) is 8.96. The lowest BCUT2D eigenvalue weighted by Gasteiger charge is -2.20. The number of hydrogen-bond acceptors (Lipinski definition) is 5. The van der Waals surface area contributed by atoms with E-state index in [2.05, 4.69) is 40.9 Å². The summed E-state index contributed by atoms with van der Waals surface area (Å²) in [5.41, 5.74) is 1.47. The van der Waals surface area contributed by atoms with Crippen molar-refractivity contribution in [2.75, 3.05) is 27.2 Å². The van der Waals surface area contributed by atoms with Crippen LogP contribution in [-0.2, 0) is 6.54 Å². The van der Waals surface area contributed by atoms with E-state index in [1.54, 1.807) is 11.3 Å². The lowest BCUT2D eigenvalue weighted by Crippen LogP contribution is -2.27. The predicted molar refractivity (Wildman–Crippen MR) is 96.0 cm³/mol. The van der Waals surface area contributed by atoms with Gasteiger partial charge in [-0.1, -0.05) is 0 Å². The quantitative estimate of drug-likeness (QED) is 0.734. The number of nitrogens with one attached hydrogen (secondary N) is 1. The van der Waals surface area contributed by atoms with Gasteiger partial charge in [-0.15, -0.1) is 11.3 Å². The van der Waals surface area contributed by atoms with E-state index in [1.165, 1.54) is 12.8 Å². The molecule has 23 heavy (non-hydrogen) atoms. The maximum atomic E-state index is 6.00. The number of hydrogen-bond donors (Lipinski definition) is 1. The molecule has 0 saturated heterocycles. The van der Waals surface area contributed by atoms with Gasteiger partial charge >= 0.3 is 0 Å². The van der Waals surface area contributed by atoms with Crippen molar-refractivity contribution < 1.29 is 4.74 Å². The van der Waals surface area contributed by atoms with Gasteiger partial charge in [0.05, 0.1) is 6.61 Å². The Morgan fingerprint density at radius 2 is 2.04 bits per heavy atom. The molecule has 2 aromatic rings. The van der Waals surface area contributed by atoms with Crippen molar-refractivity contribution in [2.24, 2.45) is 5.41 Å². The molecule has 1 aliphatic rings. The number of ether oxygens (including phenoxy) is 1. The molecule has 1 heterocycles. The monoisotopic (exact) mass is 351 g/mol. The second-order valence-electron chi connectivity index (χ2n) is 6.49. The van der Waals surface area contributed by atoms with Gasteiger partial charge in [-0.25, -0.2) is 9.82 Å². The van der Waals surface area contributed by atoms with E-state index in [0.717, 1.165) is 34.3 Å². The van der Waals surface area contributed by atoms with Crippen molar-refractivity contribution >= 4 is 23.1 Å². The lowest BCUT2D eigenvalue weighted by molar-refractivity contribution is 0.194. The number of halogens is 1. The molecule has 0 unspecified atom stereocenters. The summed E-state index contributed by atoms with van der Waals surface area (Å²) in [4.78, 5) is 10.4. The van der Waals surface area contributed by atoms with Crippen LogP contribution < -0.4 is 9.57 Å². The molecular weight excluding hydrogens is 330 g/mol. The smallest absolute Gasteiger partial charge is 0.123 e. The number of thiazole rings is 1. The van der Waals surface area contributed by atoms with Crippen molar-refractivity contribution in [3.05, 3.63) is 35.3 Å². The average molecular weight is 352 g/mol. The molecule has 3 rings (SSSR count). The van der Waals surface area contributed by atoms with Crippen LogP contribution in [0.5, 0.6) is 5.75 Å². The van der Waals surface area contributed by atoms with Crippen molar-refractivity contribution in [2.45, 2.75) is 19.4 Å². The first-order chi connectivity index (χ1) is 11.1. The number of rotatable bonds is 8. The van der Waals surface area contributed by atoms with Crippen molar-refractivity contribution in [1.29, 1.82) is 0 Å². The van der Waals surface area contributed by atoms with Gasteiger partial charge < -0.3 is 9.64 Å². The maximum Gasteiger partial charge on any atom is 0.123 e. The molecule has 0 radical (unpaired) electrons.